The fraction of sp³-hybridized carbons (Fsp3) is 0.529. The molecule has 0 bridgehead atoms. The lowest BCUT2D eigenvalue weighted by Crippen LogP contribution is -2.44. The largest absolute Gasteiger partial charge is 0.465 e. The van der Waals surface area contributed by atoms with Crippen molar-refractivity contribution in [3.8, 4) is 0 Å². The molecule has 1 amide bonds. The summed E-state index contributed by atoms with van der Waals surface area (Å²) in [5.41, 5.74) is 2.80. The highest BCUT2D eigenvalue weighted by atomic mass is 16.5. The normalized spacial score (nSPS) is 21.3. The van der Waals surface area contributed by atoms with Crippen LogP contribution in [-0.4, -0.2) is 40.8 Å². The molecule has 1 N–H and O–H groups in total. The fourth-order valence-corrected chi connectivity index (χ4v) is 3.68. The van der Waals surface area contributed by atoms with Crippen LogP contribution < -0.4 is 0 Å². The van der Waals surface area contributed by atoms with Crippen LogP contribution in [-0.2, 0) is 17.6 Å². The number of carbonyl (C=O) groups is 1. The van der Waals surface area contributed by atoms with Crippen LogP contribution in [0, 0.1) is 6.92 Å². The number of nitrogens with one attached hydrogen (secondary N) is 1. The number of fused-ring (bicyclic) bond motifs is 1. The summed E-state index contributed by atoms with van der Waals surface area (Å²) in [6.07, 6.45) is 5.85. The van der Waals surface area contributed by atoms with Crippen molar-refractivity contribution in [1.29, 1.82) is 0 Å². The van der Waals surface area contributed by atoms with Crippen molar-refractivity contribution in [2.24, 2.45) is 0 Å². The van der Waals surface area contributed by atoms with Gasteiger partial charge in [0.2, 0.25) is 0 Å². The summed E-state index contributed by atoms with van der Waals surface area (Å²) >= 11 is 0. The van der Waals surface area contributed by atoms with E-state index in [1.165, 1.54) is 0 Å². The summed E-state index contributed by atoms with van der Waals surface area (Å²) in [7, 11) is 0. The standard InChI is InChI=1S/C17H21N3O3/c1-11-16(12-4-2-3-5-15(12)23-11)17(21)20-8-9-22-10-14(20)13-6-7-18-19-13/h6-7,14H,2-5,8-10H2,1H3,(H,18,19). The average molecular weight is 315 g/mol. The Hall–Kier alpha value is -2.08. The van der Waals surface area contributed by atoms with E-state index in [4.69, 9.17) is 9.15 Å². The van der Waals surface area contributed by atoms with E-state index in [-0.39, 0.29) is 11.9 Å². The molecular formula is C17H21N3O3. The molecular weight excluding hydrogens is 294 g/mol. The Kier molecular flexibility index (Phi) is 3.69. The smallest absolute Gasteiger partial charge is 0.258 e. The fourth-order valence-electron chi connectivity index (χ4n) is 3.68. The molecule has 0 spiro atoms. The SMILES string of the molecule is Cc1oc2c(c1C(=O)N1CCOCC1c1ccn[nH]1)CCCC2. The summed E-state index contributed by atoms with van der Waals surface area (Å²) in [6, 6.07) is 1.78. The van der Waals surface area contributed by atoms with Gasteiger partial charge in [-0.3, -0.25) is 9.89 Å². The van der Waals surface area contributed by atoms with Crippen LogP contribution >= 0.6 is 0 Å². The van der Waals surface area contributed by atoms with E-state index < -0.39 is 0 Å². The van der Waals surface area contributed by atoms with Gasteiger partial charge in [-0.25, -0.2) is 0 Å². The number of amides is 1. The number of rotatable bonds is 2. The summed E-state index contributed by atoms with van der Waals surface area (Å²) in [4.78, 5) is 15.1. The van der Waals surface area contributed by atoms with Crippen molar-refractivity contribution in [3.05, 3.63) is 40.6 Å². The molecule has 1 aliphatic carbocycles. The predicted octanol–water partition coefficient (Wildman–Crippen LogP) is 2.40. The Morgan fingerprint density at radius 3 is 3.09 bits per heavy atom. The molecule has 122 valence electrons. The van der Waals surface area contributed by atoms with Crippen LogP contribution in [0.1, 0.15) is 52.0 Å². The van der Waals surface area contributed by atoms with Gasteiger partial charge in [0.05, 0.1) is 30.5 Å². The molecule has 2 aromatic heterocycles. The number of nitrogens with zero attached hydrogens (tertiary/aromatic N) is 2. The number of hydrogen-bond donors (Lipinski definition) is 1. The number of ether oxygens (including phenoxy) is 1. The first-order valence-electron chi connectivity index (χ1n) is 8.25. The van der Waals surface area contributed by atoms with Crippen LogP contribution in [0.25, 0.3) is 0 Å². The number of hydrogen-bond acceptors (Lipinski definition) is 4. The maximum Gasteiger partial charge on any atom is 0.258 e. The number of aromatic amines is 1. The number of H-pyrrole nitrogens is 1. The minimum atomic E-state index is -0.118. The van der Waals surface area contributed by atoms with Crippen molar-refractivity contribution >= 4 is 5.91 Å². The summed E-state index contributed by atoms with van der Waals surface area (Å²) < 4.78 is 11.5. The zero-order valence-corrected chi connectivity index (χ0v) is 13.3. The first kappa shape index (κ1) is 14.5. The highest BCUT2D eigenvalue weighted by molar-refractivity contribution is 5.97. The van der Waals surface area contributed by atoms with Gasteiger partial charge in [-0.05, 0) is 32.3 Å². The molecule has 2 aromatic rings. The highest BCUT2D eigenvalue weighted by Gasteiger charge is 2.34. The quantitative estimate of drug-likeness (QED) is 0.924. The van der Waals surface area contributed by atoms with Crippen LogP contribution in [0.2, 0.25) is 0 Å². The second kappa shape index (κ2) is 5.85. The minimum absolute atomic E-state index is 0.0531. The van der Waals surface area contributed by atoms with Crippen molar-refractivity contribution in [2.45, 2.75) is 38.6 Å². The third-order valence-electron chi connectivity index (χ3n) is 4.83. The number of aryl methyl sites for hydroxylation is 2. The molecule has 6 heteroatoms. The van der Waals surface area contributed by atoms with Crippen molar-refractivity contribution in [2.75, 3.05) is 19.8 Å². The molecule has 6 nitrogen and oxygen atoms in total. The van der Waals surface area contributed by atoms with E-state index >= 15 is 0 Å². The van der Waals surface area contributed by atoms with Gasteiger partial charge in [0.1, 0.15) is 11.5 Å². The Morgan fingerprint density at radius 1 is 1.39 bits per heavy atom. The van der Waals surface area contributed by atoms with Crippen molar-refractivity contribution < 1.29 is 13.9 Å². The van der Waals surface area contributed by atoms with Crippen molar-refractivity contribution in [3.63, 3.8) is 0 Å². The lowest BCUT2D eigenvalue weighted by molar-refractivity contribution is -0.00405. The lowest BCUT2D eigenvalue weighted by atomic mass is 9.93. The molecule has 1 fully saturated rings. The van der Waals surface area contributed by atoms with E-state index in [2.05, 4.69) is 10.2 Å². The Bertz CT molecular complexity index is 705. The van der Waals surface area contributed by atoms with Crippen LogP contribution in [0.5, 0.6) is 0 Å². The Balaban J connectivity index is 1.69. The lowest BCUT2D eigenvalue weighted by Gasteiger charge is -2.35. The maximum absolute atomic E-state index is 13.2. The van der Waals surface area contributed by atoms with E-state index in [0.717, 1.165) is 54.0 Å². The molecule has 0 aromatic carbocycles. The summed E-state index contributed by atoms with van der Waals surface area (Å²) in [5.74, 6) is 1.80. The van der Waals surface area contributed by atoms with Crippen molar-refractivity contribution in [1.82, 2.24) is 15.1 Å². The first-order chi connectivity index (χ1) is 11.3. The van der Waals surface area contributed by atoms with Gasteiger partial charge in [0.25, 0.3) is 5.91 Å². The van der Waals surface area contributed by atoms with Gasteiger partial charge in [0, 0.05) is 24.7 Å². The summed E-state index contributed by atoms with van der Waals surface area (Å²) in [6.45, 7) is 3.54. The molecule has 0 saturated carbocycles. The molecule has 1 unspecified atom stereocenters. The molecule has 4 rings (SSSR count). The molecule has 1 saturated heterocycles. The molecule has 1 aliphatic heterocycles. The zero-order chi connectivity index (χ0) is 15.8. The number of carbonyl (C=O) groups excluding carboxylic acids is 1. The molecule has 0 radical (unpaired) electrons. The third-order valence-corrected chi connectivity index (χ3v) is 4.83. The van der Waals surface area contributed by atoms with Crippen LogP contribution in [0.3, 0.4) is 0 Å². The third kappa shape index (κ3) is 2.47. The Morgan fingerprint density at radius 2 is 2.26 bits per heavy atom. The van der Waals surface area contributed by atoms with Gasteiger partial charge >= 0.3 is 0 Å². The van der Waals surface area contributed by atoms with Gasteiger partial charge in [-0.2, -0.15) is 5.10 Å². The second-order valence-electron chi connectivity index (χ2n) is 6.24. The zero-order valence-electron chi connectivity index (χ0n) is 13.3. The number of morpholine rings is 1. The Labute approximate surface area is 134 Å². The van der Waals surface area contributed by atoms with Gasteiger partial charge in [-0.15, -0.1) is 0 Å². The monoisotopic (exact) mass is 315 g/mol. The summed E-state index contributed by atoms with van der Waals surface area (Å²) in [5, 5.41) is 6.97. The van der Waals surface area contributed by atoms with Gasteiger partial charge < -0.3 is 14.1 Å². The first-order valence-corrected chi connectivity index (χ1v) is 8.25. The van der Waals surface area contributed by atoms with E-state index in [1.54, 1.807) is 6.20 Å². The minimum Gasteiger partial charge on any atom is -0.465 e. The number of furan rings is 1. The van der Waals surface area contributed by atoms with E-state index in [9.17, 15) is 4.79 Å². The predicted molar refractivity (Wildman–Crippen MR) is 83.3 cm³/mol. The average Bonchev–Trinajstić information content (AvgIpc) is 3.21. The van der Waals surface area contributed by atoms with E-state index in [0.29, 0.717) is 19.8 Å². The van der Waals surface area contributed by atoms with E-state index in [1.807, 2.05) is 17.9 Å². The highest BCUT2D eigenvalue weighted by Crippen LogP contribution is 2.33. The van der Waals surface area contributed by atoms with Crippen LogP contribution in [0.15, 0.2) is 16.7 Å². The molecule has 1 atom stereocenters. The topological polar surface area (TPSA) is 71.4 Å². The van der Waals surface area contributed by atoms with Gasteiger partial charge in [0.15, 0.2) is 0 Å². The molecule has 3 heterocycles. The number of aromatic nitrogens is 2. The second-order valence-corrected chi connectivity index (χ2v) is 6.24. The van der Waals surface area contributed by atoms with Crippen LogP contribution in [0.4, 0.5) is 0 Å². The molecule has 23 heavy (non-hydrogen) atoms. The van der Waals surface area contributed by atoms with Gasteiger partial charge in [-0.1, -0.05) is 0 Å². The maximum atomic E-state index is 13.2. The molecule has 2 aliphatic rings.